The molecule has 0 radical (unpaired) electrons. The molecule has 0 aromatic rings. The molecule has 154 valence electrons. The summed E-state index contributed by atoms with van der Waals surface area (Å²) in [7, 11) is 0. The van der Waals surface area contributed by atoms with E-state index in [9.17, 15) is 4.79 Å². The number of carbonyl (C=O) groups is 1. The van der Waals surface area contributed by atoms with E-state index in [1.165, 1.54) is 44.9 Å². The molecule has 6 bridgehead atoms. The summed E-state index contributed by atoms with van der Waals surface area (Å²) in [6, 6.07) is 0. The van der Waals surface area contributed by atoms with E-state index in [1.807, 2.05) is 13.8 Å². The molecule has 0 spiro atoms. The summed E-state index contributed by atoms with van der Waals surface area (Å²) in [5.74, 6) is 4.43. The van der Waals surface area contributed by atoms with Crippen LogP contribution in [0.3, 0.4) is 0 Å². The highest BCUT2D eigenvalue weighted by molar-refractivity contribution is 5.76. The maximum Gasteiger partial charge on any atom is 0.312 e. The third kappa shape index (κ3) is 2.53. The van der Waals surface area contributed by atoms with Crippen LogP contribution in [0.4, 0.5) is 0 Å². The fourth-order valence-electron chi connectivity index (χ4n) is 8.41. The highest BCUT2D eigenvalue weighted by atomic mass is 16.6. The van der Waals surface area contributed by atoms with E-state index in [-0.39, 0.29) is 22.4 Å². The number of ether oxygens (including phenoxy) is 1. The van der Waals surface area contributed by atoms with Crippen molar-refractivity contribution in [2.75, 3.05) is 0 Å². The lowest BCUT2D eigenvalue weighted by molar-refractivity contribution is -0.292. The topological polar surface area (TPSA) is 26.3 Å². The minimum atomic E-state index is -0.387. The van der Waals surface area contributed by atoms with Crippen molar-refractivity contribution in [1.29, 1.82) is 0 Å². The van der Waals surface area contributed by atoms with Crippen molar-refractivity contribution in [3.05, 3.63) is 0 Å². The predicted molar refractivity (Wildman–Crippen MR) is 110 cm³/mol. The van der Waals surface area contributed by atoms with Crippen LogP contribution in [0.15, 0.2) is 0 Å². The SMILES string of the molecule is CCC1CC2C3CC4CC2C(C)(C1)C(C(C)(C)OC(=O)C(C)(C)CC)(C4)C3. The number of esters is 1. The molecule has 5 aliphatic rings. The molecular weight excluding hydrogens is 332 g/mol. The Morgan fingerprint density at radius 2 is 1.74 bits per heavy atom. The Kier molecular flexibility index (Phi) is 4.38. The van der Waals surface area contributed by atoms with Crippen LogP contribution >= 0.6 is 0 Å². The lowest BCUT2D eigenvalue weighted by Crippen LogP contribution is -2.71. The van der Waals surface area contributed by atoms with Gasteiger partial charge in [-0.2, -0.15) is 0 Å². The van der Waals surface area contributed by atoms with Gasteiger partial charge in [0.15, 0.2) is 0 Å². The van der Waals surface area contributed by atoms with Crippen molar-refractivity contribution in [3.8, 4) is 0 Å². The zero-order valence-corrected chi connectivity index (χ0v) is 18.9. The maximum absolute atomic E-state index is 13.1. The highest BCUT2D eigenvalue weighted by Gasteiger charge is 2.72. The van der Waals surface area contributed by atoms with Crippen molar-refractivity contribution in [2.24, 2.45) is 45.8 Å². The van der Waals surface area contributed by atoms with Gasteiger partial charge in [0.05, 0.1) is 5.41 Å². The lowest BCUT2D eigenvalue weighted by atomic mass is 9.30. The van der Waals surface area contributed by atoms with Crippen LogP contribution in [-0.2, 0) is 9.53 Å². The van der Waals surface area contributed by atoms with Crippen molar-refractivity contribution >= 4 is 5.97 Å². The second-order valence-corrected chi connectivity index (χ2v) is 12.1. The molecule has 7 atom stereocenters. The van der Waals surface area contributed by atoms with E-state index in [4.69, 9.17) is 4.74 Å². The molecule has 0 N–H and O–H groups in total. The van der Waals surface area contributed by atoms with Crippen LogP contribution in [0, 0.1) is 45.8 Å². The number of rotatable bonds is 5. The molecule has 0 aromatic heterocycles. The van der Waals surface area contributed by atoms with Crippen LogP contribution < -0.4 is 0 Å². The maximum atomic E-state index is 13.1. The molecule has 5 fully saturated rings. The summed E-state index contributed by atoms with van der Waals surface area (Å²) in [6.07, 6.45) is 10.4. The Labute approximate surface area is 167 Å². The predicted octanol–water partition coefficient (Wildman–Crippen LogP) is 6.62. The van der Waals surface area contributed by atoms with Crippen LogP contribution in [0.2, 0.25) is 0 Å². The Balaban J connectivity index is 1.73. The molecule has 0 aromatic carbocycles. The zero-order chi connectivity index (χ0) is 19.8. The van der Waals surface area contributed by atoms with Gasteiger partial charge >= 0.3 is 5.97 Å². The van der Waals surface area contributed by atoms with Crippen LogP contribution in [0.25, 0.3) is 0 Å². The van der Waals surface area contributed by atoms with Crippen molar-refractivity contribution in [2.45, 2.75) is 105 Å². The van der Waals surface area contributed by atoms with Gasteiger partial charge in [0.2, 0.25) is 0 Å². The van der Waals surface area contributed by atoms with E-state index < -0.39 is 0 Å². The minimum absolute atomic E-state index is 0.00810. The van der Waals surface area contributed by atoms with Gasteiger partial charge < -0.3 is 4.74 Å². The van der Waals surface area contributed by atoms with Gasteiger partial charge in [-0.25, -0.2) is 0 Å². The fourth-order valence-corrected chi connectivity index (χ4v) is 8.41. The largest absolute Gasteiger partial charge is 0.459 e. The third-order valence-electron chi connectivity index (χ3n) is 10.3. The Bertz CT molecular complexity index is 620. The van der Waals surface area contributed by atoms with Gasteiger partial charge in [0.25, 0.3) is 0 Å². The molecule has 7 unspecified atom stereocenters. The summed E-state index contributed by atoms with van der Waals surface area (Å²) < 4.78 is 6.46. The summed E-state index contributed by atoms with van der Waals surface area (Å²) in [5.41, 5.74) is -0.256. The summed E-state index contributed by atoms with van der Waals surface area (Å²) in [6.45, 7) is 15.7. The average molecular weight is 375 g/mol. The Morgan fingerprint density at radius 1 is 1.04 bits per heavy atom. The van der Waals surface area contributed by atoms with Crippen LogP contribution in [0.5, 0.6) is 0 Å². The van der Waals surface area contributed by atoms with Gasteiger partial charge in [-0.15, -0.1) is 0 Å². The van der Waals surface area contributed by atoms with Gasteiger partial charge in [-0.1, -0.05) is 27.2 Å². The summed E-state index contributed by atoms with van der Waals surface area (Å²) >= 11 is 0. The normalized spacial score (nSPS) is 45.8. The monoisotopic (exact) mass is 374 g/mol. The molecule has 27 heavy (non-hydrogen) atoms. The summed E-state index contributed by atoms with van der Waals surface area (Å²) in [4.78, 5) is 13.1. The first-order valence-corrected chi connectivity index (χ1v) is 11.7. The van der Waals surface area contributed by atoms with E-state index in [1.54, 1.807) is 0 Å². The van der Waals surface area contributed by atoms with Crippen LogP contribution in [-0.4, -0.2) is 11.6 Å². The zero-order valence-electron chi connectivity index (χ0n) is 18.9. The minimum Gasteiger partial charge on any atom is -0.459 e. The molecule has 2 nitrogen and oxygen atoms in total. The van der Waals surface area contributed by atoms with E-state index in [0.29, 0.717) is 5.41 Å². The molecule has 0 saturated heterocycles. The highest BCUT2D eigenvalue weighted by Crippen LogP contribution is 2.77. The molecule has 0 heterocycles. The standard InChI is InChI=1S/C25H42O2/c1-8-16-11-19-18-10-17-12-20(19)24(7,13-16)25(14-17,15-18)23(5,6)27-21(26)22(3,4)9-2/h16-20H,8-15H2,1-7H3. The Morgan fingerprint density at radius 3 is 2.37 bits per heavy atom. The average Bonchev–Trinajstić information content (AvgIpc) is 2.60. The van der Waals surface area contributed by atoms with Gasteiger partial charge in [0, 0.05) is 5.41 Å². The number of hydrogen-bond donors (Lipinski definition) is 0. The second-order valence-electron chi connectivity index (χ2n) is 12.1. The lowest BCUT2D eigenvalue weighted by Gasteiger charge is -2.75. The Hall–Kier alpha value is -0.530. The smallest absolute Gasteiger partial charge is 0.312 e. The second kappa shape index (κ2) is 5.99. The van der Waals surface area contributed by atoms with Gasteiger partial charge in [-0.3, -0.25) is 4.79 Å². The number of hydrogen-bond acceptors (Lipinski definition) is 2. The van der Waals surface area contributed by atoms with Gasteiger partial charge in [0.1, 0.15) is 5.60 Å². The fraction of sp³-hybridized carbons (Fsp3) is 0.960. The van der Waals surface area contributed by atoms with Crippen molar-refractivity contribution in [1.82, 2.24) is 0 Å². The molecule has 5 saturated carbocycles. The number of carbonyl (C=O) groups excluding carboxylic acids is 1. The molecule has 0 amide bonds. The quantitative estimate of drug-likeness (QED) is 0.505. The molecule has 5 rings (SSSR count). The van der Waals surface area contributed by atoms with Crippen molar-refractivity contribution in [3.63, 3.8) is 0 Å². The van der Waals surface area contributed by atoms with Gasteiger partial charge in [-0.05, 0) is 108 Å². The molecule has 2 heteroatoms. The van der Waals surface area contributed by atoms with E-state index >= 15 is 0 Å². The van der Waals surface area contributed by atoms with E-state index in [0.717, 1.165) is 36.0 Å². The third-order valence-corrected chi connectivity index (χ3v) is 10.3. The first-order chi connectivity index (χ1) is 12.5. The summed E-state index contributed by atoms with van der Waals surface area (Å²) in [5, 5.41) is 0. The first-order valence-electron chi connectivity index (χ1n) is 11.7. The molecular formula is C25H42O2. The van der Waals surface area contributed by atoms with Crippen LogP contribution in [0.1, 0.15) is 99.8 Å². The molecule has 0 aliphatic heterocycles. The van der Waals surface area contributed by atoms with Crippen molar-refractivity contribution < 1.29 is 9.53 Å². The first kappa shape index (κ1) is 19.8. The molecule has 5 aliphatic carbocycles. The van der Waals surface area contributed by atoms with E-state index in [2.05, 4.69) is 34.6 Å².